The summed E-state index contributed by atoms with van der Waals surface area (Å²) in [6.45, 7) is 6.03. The molecule has 0 amide bonds. The predicted molar refractivity (Wildman–Crippen MR) is 103 cm³/mol. The zero-order valence-electron chi connectivity index (χ0n) is 14.3. The zero-order valence-corrected chi connectivity index (χ0v) is 15.9. The van der Waals surface area contributed by atoms with E-state index < -0.39 is 0 Å². The van der Waals surface area contributed by atoms with Crippen molar-refractivity contribution in [1.29, 1.82) is 0 Å². The Bertz CT molecular complexity index is 982. The summed E-state index contributed by atoms with van der Waals surface area (Å²) < 4.78 is 2.11. The summed E-state index contributed by atoms with van der Waals surface area (Å²) in [5, 5.41) is 1.13. The van der Waals surface area contributed by atoms with E-state index in [0.29, 0.717) is 15.7 Å². The molecule has 0 spiro atoms. The molecular formula is C19H18Cl2N4. The molecule has 0 aliphatic carbocycles. The number of aromatic nitrogens is 4. The molecule has 1 atom stereocenters. The van der Waals surface area contributed by atoms with Crippen molar-refractivity contribution in [1.82, 2.24) is 19.5 Å². The lowest BCUT2D eigenvalue weighted by Gasteiger charge is -2.13. The molecule has 6 heteroatoms. The van der Waals surface area contributed by atoms with Crippen molar-refractivity contribution < 1.29 is 0 Å². The first-order valence-electron chi connectivity index (χ1n) is 8.20. The summed E-state index contributed by atoms with van der Waals surface area (Å²) in [7, 11) is 0. The van der Waals surface area contributed by atoms with Crippen molar-refractivity contribution in [3.8, 4) is 23.1 Å². The summed E-state index contributed by atoms with van der Waals surface area (Å²) >= 11 is 12.4. The van der Waals surface area contributed by atoms with Gasteiger partial charge >= 0.3 is 0 Å². The number of halogens is 2. The standard InChI is InChI=1S/C19H18Cl2N4/c1-4-7-13(5-2)25-16(6-3)24-18-17(22-11-23-19(18)25)14-9-8-12(20)10-15(14)21/h8-11,13H,5-6H2,1-3H3. The molecule has 1 aromatic carbocycles. The van der Waals surface area contributed by atoms with E-state index in [1.165, 1.54) is 0 Å². The summed E-state index contributed by atoms with van der Waals surface area (Å²) in [6, 6.07) is 5.40. The highest BCUT2D eigenvalue weighted by molar-refractivity contribution is 6.36. The van der Waals surface area contributed by atoms with E-state index in [4.69, 9.17) is 28.2 Å². The Morgan fingerprint density at radius 1 is 1.20 bits per heavy atom. The molecule has 25 heavy (non-hydrogen) atoms. The van der Waals surface area contributed by atoms with Crippen LogP contribution in [0.2, 0.25) is 10.0 Å². The molecule has 0 aliphatic rings. The summed E-state index contributed by atoms with van der Waals surface area (Å²) in [5.41, 5.74) is 3.02. The van der Waals surface area contributed by atoms with Gasteiger partial charge in [0.2, 0.25) is 0 Å². The molecule has 0 saturated heterocycles. The van der Waals surface area contributed by atoms with Crippen molar-refractivity contribution in [3.05, 3.63) is 40.4 Å². The van der Waals surface area contributed by atoms with E-state index in [9.17, 15) is 0 Å². The van der Waals surface area contributed by atoms with Crippen LogP contribution in [0.1, 0.15) is 39.1 Å². The predicted octanol–water partition coefficient (Wildman–Crippen LogP) is 5.34. The van der Waals surface area contributed by atoms with Gasteiger partial charge in [0, 0.05) is 17.0 Å². The van der Waals surface area contributed by atoms with Crippen LogP contribution in [0.25, 0.3) is 22.4 Å². The van der Waals surface area contributed by atoms with E-state index in [-0.39, 0.29) is 6.04 Å². The summed E-state index contributed by atoms with van der Waals surface area (Å²) in [4.78, 5) is 13.7. The minimum atomic E-state index is 0.0355. The number of nitrogens with zero attached hydrogens (tertiary/aromatic N) is 4. The fraction of sp³-hybridized carbons (Fsp3) is 0.316. The van der Waals surface area contributed by atoms with Crippen molar-refractivity contribution in [2.45, 2.75) is 39.7 Å². The third kappa shape index (κ3) is 3.22. The number of benzene rings is 1. The first-order chi connectivity index (χ1) is 12.1. The average molecular weight is 373 g/mol. The molecule has 0 saturated carbocycles. The van der Waals surface area contributed by atoms with Gasteiger partial charge < -0.3 is 0 Å². The van der Waals surface area contributed by atoms with Crippen LogP contribution in [0, 0.1) is 11.8 Å². The molecule has 128 valence electrons. The maximum Gasteiger partial charge on any atom is 0.165 e. The third-order valence-electron chi connectivity index (χ3n) is 4.06. The van der Waals surface area contributed by atoms with Crippen LogP contribution in [0.15, 0.2) is 24.5 Å². The van der Waals surface area contributed by atoms with Gasteiger partial charge in [0.25, 0.3) is 0 Å². The fourth-order valence-corrected chi connectivity index (χ4v) is 3.42. The molecule has 4 nitrogen and oxygen atoms in total. The van der Waals surface area contributed by atoms with E-state index in [1.807, 2.05) is 13.0 Å². The quantitative estimate of drug-likeness (QED) is 0.580. The molecule has 2 aromatic heterocycles. The summed E-state index contributed by atoms with van der Waals surface area (Å²) in [5.74, 6) is 7.20. The van der Waals surface area contributed by atoms with E-state index in [2.05, 4.69) is 40.2 Å². The number of fused-ring (bicyclic) bond motifs is 1. The van der Waals surface area contributed by atoms with Crippen LogP contribution in [0.3, 0.4) is 0 Å². The molecule has 0 fully saturated rings. The van der Waals surface area contributed by atoms with Crippen molar-refractivity contribution in [2.75, 3.05) is 0 Å². The van der Waals surface area contributed by atoms with Gasteiger partial charge in [0.1, 0.15) is 23.4 Å². The maximum absolute atomic E-state index is 6.38. The van der Waals surface area contributed by atoms with Crippen LogP contribution in [-0.4, -0.2) is 19.5 Å². The second-order valence-electron chi connectivity index (χ2n) is 5.59. The van der Waals surface area contributed by atoms with E-state index in [1.54, 1.807) is 18.5 Å². The van der Waals surface area contributed by atoms with Gasteiger partial charge in [0.15, 0.2) is 5.65 Å². The lowest BCUT2D eigenvalue weighted by atomic mass is 10.1. The van der Waals surface area contributed by atoms with Gasteiger partial charge in [-0.25, -0.2) is 15.0 Å². The number of hydrogen-bond acceptors (Lipinski definition) is 3. The normalized spacial score (nSPS) is 12.0. The Morgan fingerprint density at radius 2 is 2.00 bits per heavy atom. The van der Waals surface area contributed by atoms with E-state index >= 15 is 0 Å². The van der Waals surface area contributed by atoms with Crippen LogP contribution in [0.5, 0.6) is 0 Å². The Balaban J connectivity index is 2.30. The Hall–Kier alpha value is -2.09. The smallest absolute Gasteiger partial charge is 0.165 e. The SMILES string of the molecule is CC#CC(CC)n1c(CC)nc2c(-c3ccc(Cl)cc3Cl)ncnc21. The Labute approximate surface area is 157 Å². The van der Waals surface area contributed by atoms with Crippen LogP contribution < -0.4 is 0 Å². The maximum atomic E-state index is 6.38. The summed E-state index contributed by atoms with van der Waals surface area (Å²) in [6.07, 6.45) is 3.21. The fourth-order valence-electron chi connectivity index (χ4n) is 2.93. The number of imidazole rings is 1. The minimum absolute atomic E-state index is 0.0355. The van der Waals surface area contributed by atoms with E-state index in [0.717, 1.165) is 35.4 Å². The molecular weight excluding hydrogens is 355 g/mol. The highest BCUT2D eigenvalue weighted by atomic mass is 35.5. The lowest BCUT2D eigenvalue weighted by Crippen LogP contribution is -2.10. The van der Waals surface area contributed by atoms with Gasteiger partial charge in [-0.1, -0.05) is 43.0 Å². The number of aryl methyl sites for hydroxylation is 1. The first-order valence-corrected chi connectivity index (χ1v) is 8.95. The van der Waals surface area contributed by atoms with Crippen LogP contribution >= 0.6 is 23.2 Å². The van der Waals surface area contributed by atoms with Crippen molar-refractivity contribution in [3.63, 3.8) is 0 Å². The zero-order chi connectivity index (χ0) is 18.0. The molecule has 0 aliphatic heterocycles. The average Bonchev–Trinajstić information content (AvgIpc) is 2.98. The number of rotatable bonds is 4. The monoisotopic (exact) mass is 372 g/mol. The third-order valence-corrected chi connectivity index (χ3v) is 4.61. The van der Waals surface area contributed by atoms with Gasteiger partial charge in [-0.2, -0.15) is 0 Å². The Morgan fingerprint density at radius 3 is 2.64 bits per heavy atom. The van der Waals surface area contributed by atoms with Crippen LogP contribution in [0.4, 0.5) is 0 Å². The molecule has 0 radical (unpaired) electrons. The largest absolute Gasteiger partial charge is 0.298 e. The minimum Gasteiger partial charge on any atom is -0.298 e. The second kappa shape index (κ2) is 7.43. The van der Waals surface area contributed by atoms with Gasteiger partial charge in [-0.05, 0) is 31.5 Å². The van der Waals surface area contributed by atoms with Gasteiger partial charge in [-0.3, -0.25) is 4.57 Å². The molecule has 3 rings (SSSR count). The molecule has 0 N–H and O–H groups in total. The van der Waals surface area contributed by atoms with Crippen molar-refractivity contribution in [2.24, 2.45) is 0 Å². The highest BCUT2D eigenvalue weighted by Crippen LogP contribution is 2.34. The lowest BCUT2D eigenvalue weighted by molar-refractivity contribution is 0.588. The Kier molecular flexibility index (Phi) is 5.27. The molecule has 3 aromatic rings. The highest BCUT2D eigenvalue weighted by Gasteiger charge is 2.20. The topological polar surface area (TPSA) is 43.6 Å². The molecule has 1 unspecified atom stereocenters. The van der Waals surface area contributed by atoms with Crippen LogP contribution in [-0.2, 0) is 6.42 Å². The molecule has 2 heterocycles. The second-order valence-corrected chi connectivity index (χ2v) is 6.43. The van der Waals surface area contributed by atoms with Gasteiger partial charge in [-0.15, -0.1) is 5.92 Å². The van der Waals surface area contributed by atoms with Crippen molar-refractivity contribution >= 4 is 34.4 Å². The molecule has 0 bridgehead atoms. The van der Waals surface area contributed by atoms with Gasteiger partial charge in [0.05, 0.1) is 11.1 Å². The number of hydrogen-bond donors (Lipinski definition) is 0. The first kappa shape index (κ1) is 17.7.